The molecule has 0 aliphatic rings. The third-order valence-electron chi connectivity index (χ3n) is 6.84. The Labute approximate surface area is 244 Å². The molecule has 0 saturated carbocycles. The predicted octanol–water partition coefficient (Wildman–Crippen LogP) is 8.88. The van der Waals surface area contributed by atoms with E-state index in [1.165, 1.54) is 10.9 Å². The normalized spacial score (nSPS) is 11.3. The molecule has 3 heterocycles. The summed E-state index contributed by atoms with van der Waals surface area (Å²) in [6.07, 6.45) is 1.72. The van der Waals surface area contributed by atoms with Crippen LogP contribution in [0.4, 0.5) is 0 Å². The molecule has 3 aromatic carbocycles. The molecular weight excluding hydrogens is 661 g/mol. The first-order valence-corrected chi connectivity index (χ1v) is 13.1. The number of pyridine rings is 2. The van der Waals surface area contributed by atoms with Gasteiger partial charge in [0.25, 0.3) is 0 Å². The fourth-order valence-corrected chi connectivity index (χ4v) is 4.77. The minimum Gasteiger partial charge on any atom is -0.460 e. The van der Waals surface area contributed by atoms with Crippen molar-refractivity contribution in [2.45, 2.75) is 39.5 Å². The van der Waals surface area contributed by atoms with Crippen molar-refractivity contribution in [1.82, 2.24) is 14.5 Å². The number of hydrogen-bond acceptors (Lipinski definition) is 3. The van der Waals surface area contributed by atoms with E-state index in [1.807, 2.05) is 36.4 Å². The molecule has 0 unspecified atom stereocenters. The number of ether oxygens (including phenoxy) is 1. The summed E-state index contributed by atoms with van der Waals surface area (Å²) in [6.45, 7) is 8.86. The standard InChI is InChI=1S/C34H29N3O.Pt/c1-22(2)26-19-30(23(3)4)36-33(21-26)37-31-13-6-5-12-28(31)29-16-15-25(20-32(29)37)24-10-9-11-27(18-24)38-34-14-7-8-17-35-34;/h5-17,19,21-23H,1-4H3;/q-2;+2. The number of rotatable bonds is 6. The second-order valence-electron chi connectivity index (χ2n) is 10.2. The number of nitrogens with zero attached hydrogens (tertiary/aromatic N) is 3. The zero-order chi connectivity index (χ0) is 26.2. The van der Waals surface area contributed by atoms with Crippen LogP contribution in [0.5, 0.6) is 11.6 Å². The summed E-state index contributed by atoms with van der Waals surface area (Å²) in [7, 11) is 0. The first-order valence-electron chi connectivity index (χ1n) is 13.1. The van der Waals surface area contributed by atoms with Gasteiger partial charge in [-0.1, -0.05) is 57.3 Å². The van der Waals surface area contributed by atoms with E-state index >= 15 is 0 Å². The van der Waals surface area contributed by atoms with Crippen molar-refractivity contribution in [1.29, 1.82) is 0 Å². The molecule has 6 aromatic rings. The number of fused-ring (bicyclic) bond motifs is 3. The minimum absolute atomic E-state index is 0. The minimum atomic E-state index is 0. The Hall–Kier alpha value is -3.75. The van der Waals surface area contributed by atoms with Gasteiger partial charge >= 0.3 is 21.1 Å². The van der Waals surface area contributed by atoms with Gasteiger partial charge in [0.1, 0.15) is 5.82 Å². The largest absolute Gasteiger partial charge is 2.00 e. The Kier molecular flexibility index (Phi) is 7.68. The molecule has 39 heavy (non-hydrogen) atoms. The van der Waals surface area contributed by atoms with E-state index in [1.54, 1.807) is 6.20 Å². The Morgan fingerprint density at radius 1 is 0.744 bits per heavy atom. The van der Waals surface area contributed by atoms with Crippen molar-refractivity contribution < 1.29 is 25.8 Å². The second-order valence-corrected chi connectivity index (χ2v) is 10.2. The van der Waals surface area contributed by atoms with E-state index in [0.29, 0.717) is 23.5 Å². The Morgan fingerprint density at radius 2 is 1.54 bits per heavy atom. The number of benzene rings is 3. The van der Waals surface area contributed by atoms with Gasteiger partial charge in [0, 0.05) is 29.2 Å². The maximum absolute atomic E-state index is 5.94. The molecule has 196 valence electrons. The van der Waals surface area contributed by atoms with E-state index in [2.05, 4.69) is 97.9 Å². The summed E-state index contributed by atoms with van der Waals surface area (Å²) in [5, 5.41) is 2.33. The SMILES string of the molecule is CC(C)c1cc(C(C)C)nc(-n2c3[c-]c(-c4[c-]c(Oc5ccccn5)ccc4)ccc3c3ccccc32)c1.[Pt+2]. The van der Waals surface area contributed by atoms with E-state index in [0.717, 1.165) is 39.1 Å². The van der Waals surface area contributed by atoms with Crippen LogP contribution in [0.2, 0.25) is 0 Å². The van der Waals surface area contributed by atoms with Crippen LogP contribution in [-0.4, -0.2) is 14.5 Å². The van der Waals surface area contributed by atoms with Gasteiger partial charge in [-0.3, -0.25) is 0 Å². The van der Waals surface area contributed by atoms with Gasteiger partial charge in [-0.15, -0.1) is 18.2 Å². The molecule has 4 nitrogen and oxygen atoms in total. The summed E-state index contributed by atoms with van der Waals surface area (Å²) in [5.74, 6) is 2.81. The summed E-state index contributed by atoms with van der Waals surface area (Å²) in [5.41, 5.74) is 6.35. The monoisotopic (exact) mass is 690 g/mol. The summed E-state index contributed by atoms with van der Waals surface area (Å²) >= 11 is 0. The van der Waals surface area contributed by atoms with Crippen LogP contribution in [0, 0.1) is 12.1 Å². The van der Waals surface area contributed by atoms with Crippen LogP contribution < -0.4 is 4.74 Å². The first-order chi connectivity index (χ1) is 18.5. The van der Waals surface area contributed by atoms with Crippen molar-refractivity contribution in [2.75, 3.05) is 0 Å². The summed E-state index contributed by atoms with van der Waals surface area (Å²) < 4.78 is 8.19. The first kappa shape index (κ1) is 26.8. The van der Waals surface area contributed by atoms with Gasteiger partial charge in [-0.25, -0.2) is 21.1 Å². The Morgan fingerprint density at radius 3 is 2.31 bits per heavy atom. The van der Waals surface area contributed by atoms with Crippen molar-refractivity contribution in [3.63, 3.8) is 0 Å². The summed E-state index contributed by atoms with van der Waals surface area (Å²) in [6, 6.07) is 35.8. The van der Waals surface area contributed by atoms with Crippen LogP contribution in [0.25, 0.3) is 38.8 Å². The van der Waals surface area contributed by atoms with Gasteiger partial charge in [0.15, 0.2) is 0 Å². The van der Waals surface area contributed by atoms with Crippen LogP contribution in [0.1, 0.15) is 50.8 Å². The molecule has 0 aliphatic heterocycles. The molecule has 3 aromatic heterocycles. The zero-order valence-electron chi connectivity index (χ0n) is 22.4. The molecule has 0 radical (unpaired) electrons. The number of hydrogen-bond donors (Lipinski definition) is 0. The number of aromatic nitrogens is 3. The fraction of sp³-hybridized carbons (Fsp3) is 0.176. The smallest absolute Gasteiger partial charge is 0.460 e. The molecule has 0 saturated heterocycles. The van der Waals surface area contributed by atoms with Crippen molar-refractivity contribution in [2.24, 2.45) is 0 Å². The third-order valence-corrected chi connectivity index (χ3v) is 6.84. The Bertz CT molecular complexity index is 1730. The van der Waals surface area contributed by atoms with Gasteiger partial charge in [-0.05, 0) is 52.6 Å². The molecule has 0 fully saturated rings. The maximum atomic E-state index is 5.94. The van der Waals surface area contributed by atoms with E-state index in [9.17, 15) is 0 Å². The van der Waals surface area contributed by atoms with Crippen molar-refractivity contribution in [3.8, 4) is 28.6 Å². The van der Waals surface area contributed by atoms with Gasteiger partial charge < -0.3 is 9.30 Å². The Balaban J connectivity index is 0.00000308. The molecular formula is C34H29N3OPt. The van der Waals surface area contributed by atoms with Gasteiger partial charge in [0.05, 0.1) is 0 Å². The van der Waals surface area contributed by atoms with Crippen LogP contribution >= 0.6 is 0 Å². The van der Waals surface area contributed by atoms with E-state index in [4.69, 9.17) is 9.72 Å². The molecule has 0 bridgehead atoms. The quantitative estimate of drug-likeness (QED) is 0.164. The molecule has 0 spiro atoms. The molecule has 6 rings (SSSR count). The van der Waals surface area contributed by atoms with Crippen LogP contribution in [0.15, 0.2) is 91.1 Å². The summed E-state index contributed by atoms with van der Waals surface area (Å²) in [4.78, 5) is 9.39. The second kappa shape index (κ2) is 11.2. The average molecular weight is 691 g/mol. The van der Waals surface area contributed by atoms with Crippen LogP contribution in [0.3, 0.4) is 0 Å². The molecule has 0 N–H and O–H groups in total. The van der Waals surface area contributed by atoms with Gasteiger partial charge in [-0.2, -0.15) is 24.3 Å². The van der Waals surface area contributed by atoms with Gasteiger partial charge in [0.2, 0.25) is 5.88 Å². The molecule has 5 heteroatoms. The van der Waals surface area contributed by atoms with E-state index < -0.39 is 0 Å². The predicted molar refractivity (Wildman–Crippen MR) is 154 cm³/mol. The zero-order valence-corrected chi connectivity index (χ0v) is 24.7. The third kappa shape index (κ3) is 5.27. The molecule has 0 amide bonds. The van der Waals surface area contributed by atoms with Crippen LogP contribution in [-0.2, 0) is 21.1 Å². The average Bonchev–Trinajstić information content (AvgIpc) is 3.27. The maximum Gasteiger partial charge on any atom is 2.00 e. The fourth-order valence-electron chi connectivity index (χ4n) is 4.77. The van der Waals surface area contributed by atoms with E-state index in [-0.39, 0.29) is 21.1 Å². The van der Waals surface area contributed by atoms with Crippen molar-refractivity contribution >= 4 is 21.8 Å². The van der Waals surface area contributed by atoms with Crippen molar-refractivity contribution in [3.05, 3.63) is 115 Å². The topological polar surface area (TPSA) is 39.9 Å². The number of para-hydroxylation sites is 1. The molecule has 0 atom stereocenters. The molecule has 0 aliphatic carbocycles.